The molecular weight excluding hydrogens is 480 g/mol. The monoisotopic (exact) mass is 501 g/mol. The fourth-order valence-electron chi connectivity index (χ4n) is 2.60. The van der Waals surface area contributed by atoms with Crippen LogP contribution in [0.15, 0.2) is 17.8 Å². The molecule has 0 radical (unpaired) electrons. The van der Waals surface area contributed by atoms with Gasteiger partial charge in [-0.1, -0.05) is 6.08 Å². The molecule has 0 saturated heterocycles. The highest BCUT2D eigenvalue weighted by atomic mass is 35.5. The number of hydrogen-bond donors (Lipinski definition) is 7. The molecule has 7 N–H and O–H groups in total. The van der Waals surface area contributed by atoms with E-state index in [4.69, 9.17) is 21.4 Å². The summed E-state index contributed by atoms with van der Waals surface area (Å²) >= 11 is 5.85. The highest BCUT2D eigenvalue weighted by molar-refractivity contribution is 7.70. The second-order valence-corrected chi connectivity index (χ2v) is 10.7. The van der Waals surface area contributed by atoms with Gasteiger partial charge in [0, 0.05) is 7.05 Å². The molecule has 4 atom stereocenters. The van der Waals surface area contributed by atoms with E-state index in [1.807, 2.05) is 0 Å². The molecule has 0 spiro atoms. The van der Waals surface area contributed by atoms with Crippen molar-refractivity contribution in [3.8, 4) is 0 Å². The third-order valence-corrected chi connectivity index (χ3v) is 7.69. The molecule has 174 valence electrons. The van der Waals surface area contributed by atoms with Crippen LogP contribution in [0.1, 0.15) is 13.2 Å². The molecular formula is C14H22ClN5O9P2. The van der Waals surface area contributed by atoms with Gasteiger partial charge in [0.05, 0.1) is 18.2 Å². The number of aliphatic hydroxyl groups excluding tert-OH is 3. The van der Waals surface area contributed by atoms with Crippen LogP contribution in [-0.4, -0.2) is 81.5 Å². The molecule has 0 fully saturated rings. The van der Waals surface area contributed by atoms with Gasteiger partial charge in [-0.2, -0.15) is 10.1 Å². The number of nitrogens with one attached hydrogen (secondary N) is 1. The van der Waals surface area contributed by atoms with E-state index in [-0.39, 0.29) is 16.5 Å². The van der Waals surface area contributed by atoms with Crippen LogP contribution < -0.4 is 5.32 Å². The molecule has 0 amide bonds. The number of anilines is 1. The maximum absolute atomic E-state index is 11.8. The van der Waals surface area contributed by atoms with Crippen LogP contribution in [0.25, 0.3) is 11.0 Å². The summed E-state index contributed by atoms with van der Waals surface area (Å²) in [5.41, 5.74) is -0.0746. The SMILES string of the molecule is C/C=C(/COP(=O)(O)CP(=O)(O)O)[C@@H](O)[C@@H](O)[C@@H](O)n1ncc2c(NC)nc(Cl)nc21. The number of rotatable bonds is 10. The Labute approximate surface area is 180 Å². The van der Waals surface area contributed by atoms with Crippen LogP contribution in [0.4, 0.5) is 5.82 Å². The lowest BCUT2D eigenvalue weighted by Crippen LogP contribution is -2.37. The van der Waals surface area contributed by atoms with Crippen molar-refractivity contribution in [3.63, 3.8) is 0 Å². The van der Waals surface area contributed by atoms with Gasteiger partial charge in [0.15, 0.2) is 17.8 Å². The minimum absolute atomic E-state index is 0.0582. The standard InChI is InChI=1S/C14H22ClN5O9P2/c1-3-7(5-29-31(27,28)6-30(24,25)26)9(21)10(22)13(23)20-12-8(4-17-20)11(16-2)18-14(15)19-12/h3-4,9-10,13,21-23H,5-6H2,1-2H3,(H,27,28)(H,16,18,19)(H2,24,25,26)/b7-3-/t9-,10-,13-/m1/s1. The van der Waals surface area contributed by atoms with Crippen LogP contribution in [0.2, 0.25) is 5.28 Å². The van der Waals surface area contributed by atoms with E-state index in [0.717, 1.165) is 4.68 Å². The van der Waals surface area contributed by atoms with Crippen LogP contribution in [-0.2, 0) is 13.7 Å². The van der Waals surface area contributed by atoms with Crippen LogP contribution >= 0.6 is 26.8 Å². The topological polar surface area (TPSA) is 220 Å². The quantitative estimate of drug-likeness (QED) is 0.130. The Hall–Kier alpha value is -1.44. The van der Waals surface area contributed by atoms with Crippen LogP contribution in [0.3, 0.4) is 0 Å². The highest BCUT2D eigenvalue weighted by Gasteiger charge is 2.34. The summed E-state index contributed by atoms with van der Waals surface area (Å²) in [5.74, 6) is -1.10. The average Bonchev–Trinajstić information content (AvgIpc) is 3.08. The molecule has 2 aromatic heterocycles. The number of halogens is 1. The number of hydrogen-bond acceptors (Lipinski definition) is 10. The van der Waals surface area contributed by atoms with E-state index in [9.17, 15) is 29.3 Å². The van der Waals surface area contributed by atoms with Crippen LogP contribution in [0, 0.1) is 0 Å². The predicted octanol–water partition coefficient (Wildman–Crippen LogP) is 0.0176. The van der Waals surface area contributed by atoms with Gasteiger partial charge < -0.3 is 39.8 Å². The predicted molar refractivity (Wildman–Crippen MR) is 110 cm³/mol. The molecule has 31 heavy (non-hydrogen) atoms. The third-order valence-electron chi connectivity index (χ3n) is 4.09. The molecule has 0 aliphatic carbocycles. The van der Waals surface area contributed by atoms with Gasteiger partial charge in [0.2, 0.25) is 5.28 Å². The van der Waals surface area contributed by atoms with E-state index >= 15 is 0 Å². The number of aromatic nitrogens is 4. The minimum Gasteiger partial charge on any atom is -0.386 e. The van der Waals surface area contributed by atoms with Gasteiger partial charge in [0.25, 0.3) is 0 Å². The first kappa shape index (κ1) is 25.8. The lowest BCUT2D eigenvalue weighted by atomic mass is 10.0. The van der Waals surface area contributed by atoms with Gasteiger partial charge in [-0.05, 0) is 24.1 Å². The molecule has 17 heteroatoms. The summed E-state index contributed by atoms with van der Waals surface area (Å²) < 4.78 is 28.2. The van der Waals surface area contributed by atoms with Crippen molar-refractivity contribution in [1.82, 2.24) is 19.7 Å². The fraction of sp³-hybridized carbons (Fsp3) is 0.500. The lowest BCUT2D eigenvalue weighted by Gasteiger charge is -2.25. The molecule has 0 aliphatic rings. The van der Waals surface area contributed by atoms with E-state index in [1.54, 1.807) is 7.05 Å². The van der Waals surface area contributed by atoms with Crippen molar-refractivity contribution >= 4 is 43.6 Å². The second-order valence-electron chi connectivity index (χ2n) is 6.35. The Bertz CT molecular complexity index is 1060. The summed E-state index contributed by atoms with van der Waals surface area (Å²) in [7, 11) is -7.94. The summed E-state index contributed by atoms with van der Waals surface area (Å²) in [4.78, 5) is 35.1. The Kier molecular flexibility index (Phi) is 8.33. The first-order valence-corrected chi connectivity index (χ1v) is 12.5. The molecule has 0 aromatic carbocycles. The Morgan fingerprint density at radius 1 is 1.29 bits per heavy atom. The van der Waals surface area contributed by atoms with E-state index in [1.165, 1.54) is 19.2 Å². The first-order valence-electron chi connectivity index (χ1n) is 8.58. The zero-order valence-electron chi connectivity index (χ0n) is 16.3. The van der Waals surface area contributed by atoms with Gasteiger partial charge in [-0.25, -0.2) is 9.67 Å². The second kappa shape index (κ2) is 10.0. The van der Waals surface area contributed by atoms with E-state index < -0.39 is 46.1 Å². The molecule has 14 nitrogen and oxygen atoms in total. The molecule has 0 saturated carbocycles. The number of nitrogens with zero attached hydrogens (tertiary/aromatic N) is 4. The number of allylic oxidation sites excluding steroid dienone is 1. The Morgan fingerprint density at radius 2 is 1.94 bits per heavy atom. The van der Waals surface area contributed by atoms with Crippen molar-refractivity contribution in [2.75, 3.05) is 24.9 Å². The molecule has 2 rings (SSSR count). The molecule has 2 heterocycles. The van der Waals surface area contributed by atoms with Gasteiger partial charge in [0.1, 0.15) is 18.0 Å². The molecule has 0 bridgehead atoms. The Morgan fingerprint density at radius 3 is 2.48 bits per heavy atom. The van der Waals surface area contributed by atoms with Crippen molar-refractivity contribution in [3.05, 3.63) is 23.1 Å². The lowest BCUT2D eigenvalue weighted by molar-refractivity contribution is -0.0845. The molecule has 1 unspecified atom stereocenters. The molecule has 0 aliphatic heterocycles. The van der Waals surface area contributed by atoms with Gasteiger partial charge >= 0.3 is 15.2 Å². The third kappa shape index (κ3) is 6.53. The maximum Gasteiger partial charge on any atom is 0.340 e. The summed E-state index contributed by atoms with van der Waals surface area (Å²) in [5, 5.41) is 38.3. The smallest absolute Gasteiger partial charge is 0.340 e. The highest BCUT2D eigenvalue weighted by Crippen LogP contribution is 2.55. The largest absolute Gasteiger partial charge is 0.386 e. The summed E-state index contributed by atoms with van der Waals surface area (Å²) in [6.07, 6.45) is -2.96. The van der Waals surface area contributed by atoms with Crippen LogP contribution in [0.5, 0.6) is 0 Å². The normalized spacial score (nSPS) is 17.9. The first-order chi connectivity index (χ1) is 14.3. The number of aliphatic hydroxyl groups is 3. The van der Waals surface area contributed by atoms with E-state index in [0.29, 0.717) is 11.2 Å². The fourth-order valence-corrected chi connectivity index (χ4v) is 5.30. The number of fused-ring (bicyclic) bond motifs is 1. The summed E-state index contributed by atoms with van der Waals surface area (Å²) in [6, 6.07) is 0. The van der Waals surface area contributed by atoms with Crippen molar-refractivity contribution in [1.29, 1.82) is 0 Å². The van der Waals surface area contributed by atoms with Gasteiger partial charge in [-0.3, -0.25) is 9.13 Å². The van der Waals surface area contributed by atoms with Crippen molar-refractivity contribution in [2.24, 2.45) is 0 Å². The zero-order chi connectivity index (χ0) is 23.6. The minimum atomic E-state index is -4.83. The average molecular weight is 502 g/mol. The van der Waals surface area contributed by atoms with Crippen molar-refractivity contribution in [2.45, 2.75) is 25.4 Å². The summed E-state index contributed by atoms with van der Waals surface area (Å²) in [6.45, 7) is 0.675. The van der Waals surface area contributed by atoms with Gasteiger partial charge in [-0.15, -0.1) is 0 Å². The Balaban J connectivity index is 2.20. The molecule has 2 aromatic rings. The maximum atomic E-state index is 11.8. The van der Waals surface area contributed by atoms with Crippen molar-refractivity contribution < 1.29 is 43.7 Å². The van der Waals surface area contributed by atoms with E-state index in [2.05, 4.69) is 24.9 Å². The zero-order valence-corrected chi connectivity index (χ0v) is 18.8.